The van der Waals surface area contributed by atoms with Crippen molar-refractivity contribution in [1.82, 2.24) is 4.31 Å². The van der Waals surface area contributed by atoms with Crippen LogP contribution in [0.1, 0.15) is 13.8 Å². The minimum atomic E-state index is -4.18. The lowest BCUT2D eigenvalue weighted by molar-refractivity contribution is -0.385. The van der Waals surface area contributed by atoms with Gasteiger partial charge in [0.25, 0.3) is 5.69 Å². The molecule has 1 aromatic rings. The molecule has 0 amide bonds. The van der Waals surface area contributed by atoms with E-state index in [-0.39, 0.29) is 16.3 Å². The Morgan fingerprint density at radius 3 is 2.45 bits per heavy atom. The first-order chi connectivity index (χ1) is 10.1. The highest BCUT2D eigenvalue weighted by molar-refractivity contribution is 7.89. The number of hydrogen-bond donors (Lipinski definition) is 1. The number of methoxy groups -OCH3 is 1. The molecule has 0 saturated carbocycles. The van der Waals surface area contributed by atoms with Gasteiger partial charge in [-0.15, -0.1) is 0 Å². The van der Waals surface area contributed by atoms with Crippen LogP contribution >= 0.6 is 0 Å². The second-order valence-electron chi connectivity index (χ2n) is 4.63. The van der Waals surface area contributed by atoms with Gasteiger partial charge in [0.2, 0.25) is 10.0 Å². The Morgan fingerprint density at radius 2 is 2.05 bits per heavy atom. The van der Waals surface area contributed by atoms with E-state index >= 15 is 0 Å². The molecule has 0 unspecified atom stereocenters. The summed E-state index contributed by atoms with van der Waals surface area (Å²) in [6, 6.07) is 2.42. The Balaban J connectivity index is 3.43. The van der Waals surface area contributed by atoms with Crippen molar-refractivity contribution >= 4 is 21.7 Å². The molecule has 0 aliphatic rings. The van der Waals surface area contributed by atoms with E-state index in [1.165, 1.54) is 21.0 Å². The molecule has 0 bridgehead atoms. The third-order valence-corrected chi connectivity index (χ3v) is 4.87. The number of carbonyl (C=O) groups is 1. The Bertz CT molecular complexity index is 685. The van der Waals surface area contributed by atoms with Gasteiger partial charge in [-0.25, -0.2) is 8.42 Å². The van der Waals surface area contributed by atoms with Crippen LogP contribution in [0, 0.1) is 10.1 Å². The third-order valence-electron chi connectivity index (χ3n) is 2.81. The summed E-state index contributed by atoms with van der Waals surface area (Å²) in [7, 11) is -3.00. The minimum absolute atomic E-state index is 0.217. The van der Waals surface area contributed by atoms with Crippen molar-refractivity contribution in [2.45, 2.75) is 24.8 Å². The molecule has 122 valence electrons. The van der Waals surface area contributed by atoms with E-state index < -0.39 is 33.5 Å². The van der Waals surface area contributed by atoms with E-state index in [0.717, 1.165) is 22.5 Å². The SMILES string of the molecule is COc1cc([N+](=O)[O-])ccc1S(=O)(=O)N(CC(=O)O)C(C)C. The first kappa shape index (κ1) is 17.9. The number of nitrogens with zero attached hydrogens (tertiary/aromatic N) is 2. The number of nitro groups is 1. The smallest absolute Gasteiger partial charge is 0.318 e. The second kappa shape index (κ2) is 6.71. The van der Waals surface area contributed by atoms with Crippen molar-refractivity contribution in [3.63, 3.8) is 0 Å². The molecule has 1 N–H and O–H groups in total. The predicted molar refractivity (Wildman–Crippen MR) is 76.3 cm³/mol. The zero-order valence-corrected chi connectivity index (χ0v) is 13.0. The molecular weight excluding hydrogens is 316 g/mol. The van der Waals surface area contributed by atoms with Gasteiger partial charge in [0.15, 0.2) is 0 Å². The van der Waals surface area contributed by atoms with Gasteiger partial charge in [0.05, 0.1) is 18.1 Å². The topological polar surface area (TPSA) is 127 Å². The van der Waals surface area contributed by atoms with Gasteiger partial charge in [-0.2, -0.15) is 4.31 Å². The molecule has 0 heterocycles. The van der Waals surface area contributed by atoms with Crippen LogP contribution in [0.4, 0.5) is 5.69 Å². The van der Waals surface area contributed by atoms with Gasteiger partial charge in [-0.3, -0.25) is 14.9 Å². The van der Waals surface area contributed by atoms with Crippen molar-refractivity contribution < 1.29 is 28.0 Å². The maximum absolute atomic E-state index is 12.6. The number of ether oxygens (including phenoxy) is 1. The van der Waals surface area contributed by atoms with E-state index in [4.69, 9.17) is 9.84 Å². The number of sulfonamides is 1. The number of aliphatic carboxylic acids is 1. The van der Waals surface area contributed by atoms with E-state index in [1.54, 1.807) is 0 Å². The summed E-state index contributed by atoms with van der Waals surface area (Å²) in [4.78, 5) is 20.6. The van der Waals surface area contributed by atoms with Crippen LogP contribution in [-0.4, -0.2) is 48.4 Å². The van der Waals surface area contributed by atoms with Crippen LogP contribution in [-0.2, 0) is 14.8 Å². The molecule has 0 saturated heterocycles. The molecule has 0 spiro atoms. The number of hydrogen-bond acceptors (Lipinski definition) is 6. The zero-order chi connectivity index (χ0) is 17.1. The average Bonchev–Trinajstić information content (AvgIpc) is 2.43. The number of nitro benzene ring substituents is 1. The van der Waals surface area contributed by atoms with Crippen molar-refractivity contribution in [1.29, 1.82) is 0 Å². The number of carboxylic acids is 1. The van der Waals surface area contributed by atoms with Crippen LogP contribution in [0.25, 0.3) is 0 Å². The van der Waals surface area contributed by atoms with Crippen LogP contribution in [0.15, 0.2) is 23.1 Å². The van der Waals surface area contributed by atoms with E-state index in [0.29, 0.717) is 0 Å². The first-order valence-electron chi connectivity index (χ1n) is 6.17. The predicted octanol–water partition coefficient (Wildman–Crippen LogP) is 1.09. The minimum Gasteiger partial charge on any atom is -0.495 e. The summed E-state index contributed by atoms with van der Waals surface area (Å²) >= 11 is 0. The highest BCUT2D eigenvalue weighted by atomic mass is 32.2. The Morgan fingerprint density at radius 1 is 1.45 bits per heavy atom. The number of benzene rings is 1. The Hall–Kier alpha value is -2.20. The second-order valence-corrected chi connectivity index (χ2v) is 6.49. The van der Waals surface area contributed by atoms with E-state index in [2.05, 4.69) is 0 Å². The molecule has 0 aromatic heterocycles. The molecule has 0 aliphatic carbocycles. The maximum Gasteiger partial charge on any atom is 0.318 e. The summed E-state index contributed by atoms with van der Waals surface area (Å²) in [6.07, 6.45) is 0. The molecule has 0 radical (unpaired) electrons. The molecule has 22 heavy (non-hydrogen) atoms. The van der Waals surface area contributed by atoms with Crippen LogP contribution in [0.2, 0.25) is 0 Å². The Labute approximate surface area is 127 Å². The Kier molecular flexibility index (Phi) is 5.44. The summed E-state index contributed by atoms with van der Waals surface area (Å²) in [5.41, 5.74) is -0.329. The summed E-state index contributed by atoms with van der Waals surface area (Å²) in [5.74, 6) is -1.52. The van der Waals surface area contributed by atoms with Crippen LogP contribution < -0.4 is 4.74 Å². The lowest BCUT2D eigenvalue weighted by Gasteiger charge is -2.24. The lowest BCUT2D eigenvalue weighted by atomic mass is 10.3. The molecule has 0 fully saturated rings. The summed E-state index contributed by atoms with van der Waals surface area (Å²) in [5, 5.41) is 19.6. The standard InChI is InChI=1S/C12H16N2O7S/c1-8(2)13(7-12(15)16)22(19,20)11-5-4-9(14(17)18)6-10(11)21-3/h4-6,8H,7H2,1-3H3,(H,15,16). The normalized spacial score (nSPS) is 11.7. The molecular formula is C12H16N2O7S. The van der Waals surface area contributed by atoms with Gasteiger partial charge >= 0.3 is 5.97 Å². The quantitative estimate of drug-likeness (QED) is 0.584. The molecule has 0 aliphatic heterocycles. The van der Waals surface area contributed by atoms with Crippen molar-refractivity contribution in [2.24, 2.45) is 0 Å². The maximum atomic E-state index is 12.6. The fourth-order valence-corrected chi connectivity index (χ4v) is 3.51. The molecule has 1 rings (SSSR count). The van der Waals surface area contributed by atoms with Crippen molar-refractivity contribution in [3.05, 3.63) is 28.3 Å². The van der Waals surface area contributed by atoms with Crippen LogP contribution in [0.3, 0.4) is 0 Å². The van der Waals surface area contributed by atoms with Gasteiger partial charge in [0, 0.05) is 12.1 Å². The number of carboxylic acid groups (broad SMARTS) is 1. The largest absolute Gasteiger partial charge is 0.495 e. The number of non-ortho nitro benzene ring substituents is 1. The highest BCUT2D eigenvalue weighted by Crippen LogP contribution is 2.31. The van der Waals surface area contributed by atoms with Gasteiger partial charge in [0.1, 0.15) is 17.2 Å². The molecule has 1 aromatic carbocycles. The van der Waals surface area contributed by atoms with E-state index in [9.17, 15) is 23.3 Å². The zero-order valence-electron chi connectivity index (χ0n) is 12.2. The highest BCUT2D eigenvalue weighted by Gasteiger charge is 2.32. The van der Waals surface area contributed by atoms with Crippen molar-refractivity contribution in [2.75, 3.05) is 13.7 Å². The first-order valence-corrected chi connectivity index (χ1v) is 7.61. The van der Waals surface area contributed by atoms with Gasteiger partial charge in [-0.1, -0.05) is 0 Å². The molecule has 0 atom stereocenters. The van der Waals surface area contributed by atoms with E-state index in [1.807, 2.05) is 0 Å². The van der Waals surface area contributed by atoms with Crippen molar-refractivity contribution in [3.8, 4) is 5.75 Å². The average molecular weight is 332 g/mol. The molecule has 9 nitrogen and oxygen atoms in total. The van der Waals surface area contributed by atoms with Gasteiger partial charge in [-0.05, 0) is 19.9 Å². The van der Waals surface area contributed by atoms with Crippen LogP contribution in [0.5, 0.6) is 5.75 Å². The fourth-order valence-electron chi connectivity index (χ4n) is 1.79. The van der Waals surface area contributed by atoms with Gasteiger partial charge < -0.3 is 9.84 Å². The monoisotopic (exact) mass is 332 g/mol. The summed E-state index contributed by atoms with van der Waals surface area (Å²) in [6.45, 7) is 2.33. The summed E-state index contributed by atoms with van der Waals surface area (Å²) < 4.78 is 30.8. The fraction of sp³-hybridized carbons (Fsp3) is 0.417. The number of rotatable bonds is 7. The third kappa shape index (κ3) is 3.71. The molecule has 10 heteroatoms. The lowest BCUT2D eigenvalue weighted by Crippen LogP contribution is -2.40.